The number of fused-ring (bicyclic) bond motifs is 2. The van der Waals surface area contributed by atoms with Gasteiger partial charge in [-0.2, -0.15) is 17.6 Å². The topological polar surface area (TPSA) is 18.5 Å². The fourth-order valence-electron chi connectivity index (χ4n) is 5.07. The molecule has 0 bridgehead atoms. The Hall–Kier alpha value is -3.72. The largest absolute Gasteiger partial charge is 0.483 e. The number of benzene rings is 6. The first kappa shape index (κ1) is 33.2. The van der Waals surface area contributed by atoms with E-state index < -0.39 is 75.8 Å². The van der Waals surface area contributed by atoms with Crippen LogP contribution in [0.15, 0.2) is 80.2 Å². The first-order valence-electron chi connectivity index (χ1n) is 13.2. The van der Waals surface area contributed by atoms with Crippen molar-refractivity contribution in [2.24, 2.45) is 0 Å². The lowest BCUT2D eigenvalue weighted by Crippen LogP contribution is -2.10. The van der Waals surface area contributed by atoms with Crippen molar-refractivity contribution < 1.29 is 44.6 Å². The van der Waals surface area contributed by atoms with Gasteiger partial charge in [0.2, 0.25) is 29.0 Å². The highest BCUT2D eigenvalue weighted by Crippen LogP contribution is 2.44. The van der Waals surface area contributed by atoms with Crippen LogP contribution in [0.3, 0.4) is 0 Å². The average Bonchev–Trinajstić information content (AvgIpc) is 3.02. The number of halogens is 8. The summed E-state index contributed by atoms with van der Waals surface area (Å²) in [5, 5.41) is 1.84. The van der Waals surface area contributed by atoms with Crippen molar-refractivity contribution in [1.82, 2.24) is 0 Å². The molecule has 0 N–H and O–H groups in total. The summed E-state index contributed by atoms with van der Waals surface area (Å²) < 4.78 is 132. The van der Waals surface area contributed by atoms with Crippen LogP contribution in [0.1, 0.15) is 5.56 Å². The van der Waals surface area contributed by atoms with Crippen molar-refractivity contribution in [3.05, 3.63) is 113 Å². The first-order valence-corrected chi connectivity index (χ1v) is 15.0. The first-order chi connectivity index (χ1) is 22.3. The number of thiol groups is 4. The second kappa shape index (κ2) is 12.7. The van der Waals surface area contributed by atoms with Gasteiger partial charge in [0.05, 0.1) is 11.1 Å². The maximum absolute atomic E-state index is 15.3. The second-order valence-corrected chi connectivity index (χ2v) is 12.2. The molecule has 0 saturated heterocycles. The van der Waals surface area contributed by atoms with Crippen LogP contribution in [-0.2, 0) is 6.61 Å². The van der Waals surface area contributed by atoms with Crippen molar-refractivity contribution in [2.45, 2.75) is 26.2 Å². The zero-order valence-corrected chi connectivity index (χ0v) is 26.7. The van der Waals surface area contributed by atoms with Gasteiger partial charge >= 0.3 is 0 Å². The van der Waals surface area contributed by atoms with Crippen molar-refractivity contribution >= 4 is 72.1 Å². The monoisotopic (exact) mass is 724 g/mol. The summed E-state index contributed by atoms with van der Waals surface area (Å²) >= 11 is 16.9. The SMILES string of the molecule is Fc1c(F)c(-c2c(F)c(F)c(Oc3cc(S)cc4cc(S)ccc34)c(F)c2F)c(F)c(F)c1OCc1cc(S)cc2cc(S)ccc12. The second-order valence-electron chi connectivity index (χ2n) is 10.2. The van der Waals surface area contributed by atoms with E-state index in [0.717, 1.165) is 0 Å². The van der Waals surface area contributed by atoms with Crippen LogP contribution in [0, 0.1) is 46.5 Å². The number of rotatable bonds is 6. The van der Waals surface area contributed by atoms with Crippen molar-refractivity contribution in [3.63, 3.8) is 0 Å². The molecule has 47 heavy (non-hydrogen) atoms. The molecular formula is C33H16F8O2S4. The van der Waals surface area contributed by atoms with E-state index in [4.69, 9.17) is 9.47 Å². The molecule has 0 aliphatic rings. The van der Waals surface area contributed by atoms with Gasteiger partial charge in [-0.1, -0.05) is 6.07 Å². The molecular weight excluding hydrogens is 709 g/mol. The molecule has 0 atom stereocenters. The molecule has 0 spiro atoms. The molecule has 0 aliphatic heterocycles. The van der Waals surface area contributed by atoms with Crippen LogP contribution >= 0.6 is 50.5 Å². The summed E-state index contributed by atoms with van der Waals surface area (Å²) in [7, 11) is 0. The van der Waals surface area contributed by atoms with E-state index in [-0.39, 0.29) is 16.0 Å². The smallest absolute Gasteiger partial charge is 0.205 e. The van der Waals surface area contributed by atoms with Crippen molar-refractivity contribution in [1.29, 1.82) is 0 Å². The lowest BCUT2D eigenvalue weighted by Gasteiger charge is -2.17. The van der Waals surface area contributed by atoms with Gasteiger partial charge < -0.3 is 9.47 Å². The standard InChI is InChI=1S/C33H16F8O2S4/c34-24-22(25(35)29(39)32(28(24)38)42-11-14-9-17(46)7-12-5-15(44)1-3-19(12)14)23-26(36)30(40)33(31(41)27(23)37)43-21-10-18(47)8-13-6-16(45)2-4-20(13)21/h1-10,44-47H,11H2. The molecule has 0 aliphatic carbocycles. The van der Waals surface area contributed by atoms with E-state index in [2.05, 4.69) is 50.5 Å². The van der Waals surface area contributed by atoms with Gasteiger partial charge in [0, 0.05) is 25.0 Å². The minimum Gasteiger partial charge on any atom is -0.483 e. The highest BCUT2D eigenvalue weighted by Gasteiger charge is 2.35. The van der Waals surface area contributed by atoms with Gasteiger partial charge in [0.25, 0.3) is 0 Å². The van der Waals surface area contributed by atoms with E-state index >= 15 is 35.1 Å². The molecule has 2 nitrogen and oxygen atoms in total. The molecule has 0 aromatic heterocycles. The molecule has 0 saturated carbocycles. The molecule has 14 heteroatoms. The summed E-state index contributed by atoms with van der Waals surface area (Å²) in [5.41, 5.74) is -3.78. The quantitative estimate of drug-likeness (QED) is 0.0779. The van der Waals surface area contributed by atoms with Crippen LogP contribution in [0.2, 0.25) is 0 Å². The normalized spacial score (nSPS) is 11.5. The Balaban J connectivity index is 1.41. The fraction of sp³-hybridized carbons (Fsp3) is 0.0303. The summed E-state index contributed by atoms with van der Waals surface area (Å²) in [4.78, 5) is 1.76. The highest BCUT2D eigenvalue weighted by atomic mass is 32.1. The zero-order chi connectivity index (χ0) is 33.9. The van der Waals surface area contributed by atoms with Gasteiger partial charge in [-0.15, -0.1) is 50.5 Å². The van der Waals surface area contributed by atoms with Crippen LogP contribution in [0.4, 0.5) is 35.1 Å². The number of hydrogen-bond acceptors (Lipinski definition) is 6. The van der Waals surface area contributed by atoms with Crippen LogP contribution in [-0.4, -0.2) is 0 Å². The highest BCUT2D eigenvalue weighted by molar-refractivity contribution is 7.80. The molecule has 240 valence electrons. The van der Waals surface area contributed by atoms with E-state index in [1.54, 1.807) is 36.4 Å². The van der Waals surface area contributed by atoms with E-state index in [1.807, 2.05) is 0 Å². The Kier molecular flexibility index (Phi) is 8.98. The van der Waals surface area contributed by atoms with E-state index in [9.17, 15) is 0 Å². The molecule has 6 aromatic carbocycles. The Bertz CT molecular complexity index is 2210. The minimum absolute atomic E-state index is 0.237. The van der Waals surface area contributed by atoms with Gasteiger partial charge in [-0.25, -0.2) is 17.6 Å². The third-order valence-corrected chi connectivity index (χ3v) is 8.24. The lowest BCUT2D eigenvalue weighted by molar-refractivity contribution is 0.263. The van der Waals surface area contributed by atoms with Gasteiger partial charge in [0.15, 0.2) is 29.0 Å². The Labute approximate surface area is 283 Å². The lowest BCUT2D eigenvalue weighted by atomic mass is 10.0. The van der Waals surface area contributed by atoms with Crippen LogP contribution in [0.25, 0.3) is 32.7 Å². The maximum atomic E-state index is 15.3. The molecule has 0 fully saturated rings. The van der Waals surface area contributed by atoms with Gasteiger partial charge in [0.1, 0.15) is 12.4 Å². The number of hydrogen-bond donors (Lipinski definition) is 4. The van der Waals surface area contributed by atoms with Gasteiger partial charge in [-0.3, -0.25) is 0 Å². The van der Waals surface area contributed by atoms with Crippen molar-refractivity contribution in [2.75, 3.05) is 0 Å². The summed E-state index contributed by atoms with van der Waals surface area (Å²) in [5.74, 6) is -21.9. The fourth-order valence-corrected chi connectivity index (χ4v) is 6.05. The summed E-state index contributed by atoms with van der Waals surface area (Å²) in [6.45, 7) is -0.627. The van der Waals surface area contributed by atoms with Crippen LogP contribution in [0.5, 0.6) is 17.2 Å². The Morgan fingerprint density at radius 2 is 0.872 bits per heavy atom. The Morgan fingerprint density at radius 3 is 1.40 bits per heavy atom. The summed E-state index contributed by atoms with van der Waals surface area (Å²) in [6.07, 6.45) is 0. The number of ether oxygens (including phenoxy) is 2. The van der Waals surface area contributed by atoms with Crippen LogP contribution < -0.4 is 9.47 Å². The molecule has 0 unspecified atom stereocenters. The molecule has 0 amide bonds. The third-order valence-electron chi connectivity index (χ3n) is 7.17. The van der Waals surface area contributed by atoms with E-state index in [0.29, 0.717) is 36.4 Å². The predicted octanol–water partition coefficient (Wildman–Crippen LogP) is 11.3. The Morgan fingerprint density at radius 1 is 0.447 bits per heavy atom. The molecule has 6 aromatic rings. The summed E-state index contributed by atoms with van der Waals surface area (Å²) in [6, 6.07) is 15.3. The maximum Gasteiger partial charge on any atom is 0.205 e. The molecule has 0 heterocycles. The minimum atomic E-state index is -2.38. The average molecular weight is 725 g/mol. The molecule has 0 radical (unpaired) electrons. The molecule has 6 rings (SSSR count). The predicted molar refractivity (Wildman–Crippen MR) is 173 cm³/mol. The van der Waals surface area contributed by atoms with Crippen molar-refractivity contribution in [3.8, 4) is 28.4 Å². The van der Waals surface area contributed by atoms with E-state index in [1.165, 1.54) is 24.3 Å². The zero-order valence-electron chi connectivity index (χ0n) is 23.1. The van der Waals surface area contributed by atoms with Gasteiger partial charge in [-0.05, 0) is 76.3 Å². The third kappa shape index (κ3) is 5.96.